The summed E-state index contributed by atoms with van der Waals surface area (Å²) in [5.41, 5.74) is 3.28. The first-order chi connectivity index (χ1) is 12.7. The molecule has 7 nitrogen and oxygen atoms in total. The predicted octanol–water partition coefficient (Wildman–Crippen LogP) is 2.52. The van der Waals surface area contributed by atoms with Gasteiger partial charge in [-0.25, -0.2) is 9.59 Å². The molecule has 26 heavy (non-hydrogen) atoms. The lowest BCUT2D eigenvalue weighted by atomic mass is 10.2. The predicted molar refractivity (Wildman–Crippen MR) is 97.0 cm³/mol. The van der Waals surface area contributed by atoms with Crippen molar-refractivity contribution in [2.75, 3.05) is 6.61 Å². The summed E-state index contributed by atoms with van der Waals surface area (Å²) in [6.07, 6.45) is 3.73. The normalized spacial score (nSPS) is 11.1. The van der Waals surface area contributed by atoms with Crippen LogP contribution in [0.25, 0.3) is 22.1 Å². The lowest BCUT2D eigenvalue weighted by molar-refractivity contribution is 0.0496. The molecule has 0 saturated heterocycles. The molecule has 2 aromatic carbocycles. The molecule has 130 valence electrons. The van der Waals surface area contributed by atoms with Gasteiger partial charge in [0.15, 0.2) is 0 Å². The van der Waals surface area contributed by atoms with E-state index in [0.29, 0.717) is 24.0 Å². The molecule has 0 aliphatic rings. The van der Waals surface area contributed by atoms with Gasteiger partial charge in [-0.15, -0.1) is 0 Å². The number of nitrogens with one attached hydrogen (secondary N) is 1. The van der Waals surface area contributed by atoms with Gasteiger partial charge in [0.1, 0.15) is 0 Å². The molecule has 0 amide bonds. The Morgan fingerprint density at radius 2 is 1.88 bits per heavy atom. The van der Waals surface area contributed by atoms with Crippen molar-refractivity contribution >= 4 is 28.0 Å². The maximum Gasteiger partial charge on any atom is 0.338 e. The lowest BCUT2D eigenvalue weighted by Crippen LogP contribution is -2.18. The number of aromatic amines is 1. The first-order valence-electron chi connectivity index (χ1n) is 8.28. The van der Waals surface area contributed by atoms with Gasteiger partial charge in [-0.3, -0.25) is 14.5 Å². The number of hydrogen-bond donors (Lipinski definition) is 1. The Balaban J connectivity index is 1.38. The van der Waals surface area contributed by atoms with E-state index in [4.69, 9.17) is 4.74 Å². The molecule has 0 bridgehead atoms. The van der Waals surface area contributed by atoms with Gasteiger partial charge in [-0.1, -0.05) is 12.1 Å². The van der Waals surface area contributed by atoms with Gasteiger partial charge in [0.25, 0.3) is 0 Å². The third-order valence-corrected chi connectivity index (χ3v) is 4.15. The zero-order chi connectivity index (χ0) is 17.9. The van der Waals surface area contributed by atoms with Gasteiger partial charge in [-0.2, -0.15) is 0 Å². The van der Waals surface area contributed by atoms with E-state index in [1.165, 1.54) is 0 Å². The second-order valence-electron chi connectivity index (χ2n) is 5.85. The fourth-order valence-electron chi connectivity index (χ4n) is 2.89. The fourth-order valence-corrected chi connectivity index (χ4v) is 2.89. The number of ether oxygens (including phenoxy) is 1. The highest BCUT2D eigenvalue weighted by Gasteiger charge is 2.10. The minimum atomic E-state index is -0.413. The molecule has 1 N–H and O–H groups in total. The number of H-pyrrole nitrogens is 1. The van der Waals surface area contributed by atoms with Crippen LogP contribution < -0.4 is 5.69 Å². The molecular formula is C19H16N4O3. The average molecular weight is 348 g/mol. The number of aryl methyl sites for hydroxylation is 1. The summed E-state index contributed by atoms with van der Waals surface area (Å²) < 4.78 is 6.96. The quantitative estimate of drug-likeness (QED) is 0.442. The van der Waals surface area contributed by atoms with Gasteiger partial charge in [-0.05, 0) is 36.8 Å². The van der Waals surface area contributed by atoms with Gasteiger partial charge in [0.2, 0.25) is 0 Å². The number of imidazole rings is 1. The van der Waals surface area contributed by atoms with Crippen molar-refractivity contribution in [1.29, 1.82) is 0 Å². The van der Waals surface area contributed by atoms with Crippen LogP contribution in [-0.4, -0.2) is 32.1 Å². The number of carbonyl (C=O) groups is 1. The van der Waals surface area contributed by atoms with Crippen LogP contribution in [0.3, 0.4) is 0 Å². The third kappa shape index (κ3) is 3.06. The number of esters is 1. The van der Waals surface area contributed by atoms with E-state index in [-0.39, 0.29) is 12.3 Å². The zero-order valence-electron chi connectivity index (χ0n) is 13.9. The summed E-state index contributed by atoms with van der Waals surface area (Å²) in [5, 5.41) is 0. The highest BCUT2D eigenvalue weighted by Crippen LogP contribution is 2.12. The van der Waals surface area contributed by atoms with Crippen molar-refractivity contribution in [3.8, 4) is 0 Å². The van der Waals surface area contributed by atoms with E-state index in [1.807, 2.05) is 24.3 Å². The first-order valence-corrected chi connectivity index (χ1v) is 8.28. The molecule has 0 fully saturated rings. The molecule has 2 aromatic heterocycles. The Morgan fingerprint density at radius 1 is 1.08 bits per heavy atom. The standard InChI is InChI=1S/C19H16N4O3/c24-18(13-6-7-14-16(12-13)21-9-8-20-14)26-11-3-10-23-17-5-2-1-4-15(17)22-19(23)25/h1-2,4-9,12H,3,10-11H2,(H,22,25). The van der Waals surface area contributed by atoms with E-state index in [9.17, 15) is 9.59 Å². The topological polar surface area (TPSA) is 89.9 Å². The summed E-state index contributed by atoms with van der Waals surface area (Å²) >= 11 is 0. The van der Waals surface area contributed by atoms with Crippen LogP contribution in [0.2, 0.25) is 0 Å². The fraction of sp³-hybridized carbons (Fsp3) is 0.158. The monoisotopic (exact) mass is 348 g/mol. The second-order valence-corrected chi connectivity index (χ2v) is 5.85. The zero-order valence-corrected chi connectivity index (χ0v) is 13.9. The molecule has 0 aliphatic carbocycles. The van der Waals surface area contributed by atoms with Crippen molar-refractivity contribution in [3.63, 3.8) is 0 Å². The molecule has 0 radical (unpaired) electrons. The Morgan fingerprint density at radius 3 is 2.77 bits per heavy atom. The number of benzene rings is 2. The Hall–Kier alpha value is -3.48. The minimum Gasteiger partial charge on any atom is -0.462 e. The van der Waals surface area contributed by atoms with Crippen LogP contribution in [0.15, 0.2) is 59.7 Å². The number of carbonyl (C=O) groups excluding carboxylic acids is 1. The van der Waals surface area contributed by atoms with Crippen LogP contribution >= 0.6 is 0 Å². The summed E-state index contributed by atoms with van der Waals surface area (Å²) in [7, 11) is 0. The molecule has 0 spiro atoms. The summed E-state index contributed by atoms with van der Waals surface area (Å²) in [6.45, 7) is 0.697. The molecule has 0 saturated carbocycles. The van der Waals surface area contributed by atoms with Gasteiger partial charge in [0, 0.05) is 18.9 Å². The molecule has 0 aliphatic heterocycles. The Labute approximate surface area is 148 Å². The minimum absolute atomic E-state index is 0.161. The van der Waals surface area contributed by atoms with Gasteiger partial charge in [0.05, 0.1) is 34.2 Å². The number of aromatic nitrogens is 4. The van der Waals surface area contributed by atoms with Crippen LogP contribution in [0.5, 0.6) is 0 Å². The third-order valence-electron chi connectivity index (χ3n) is 4.15. The average Bonchev–Trinajstić information content (AvgIpc) is 3.00. The molecule has 4 rings (SSSR count). The van der Waals surface area contributed by atoms with E-state index in [2.05, 4.69) is 15.0 Å². The van der Waals surface area contributed by atoms with Crippen molar-refractivity contribution in [2.45, 2.75) is 13.0 Å². The largest absolute Gasteiger partial charge is 0.462 e. The van der Waals surface area contributed by atoms with Crippen molar-refractivity contribution in [1.82, 2.24) is 19.5 Å². The second kappa shape index (κ2) is 6.79. The highest BCUT2D eigenvalue weighted by molar-refractivity contribution is 5.93. The van der Waals surface area contributed by atoms with Gasteiger partial charge >= 0.3 is 11.7 Å². The van der Waals surface area contributed by atoms with E-state index in [1.54, 1.807) is 35.2 Å². The number of hydrogen-bond acceptors (Lipinski definition) is 5. The maximum absolute atomic E-state index is 12.2. The molecular weight excluding hydrogens is 332 g/mol. The van der Waals surface area contributed by atoms with Crippen molar-refractivity contribution < 1.29 is 9.53 Å². The smallest absolute Gasteiger partial charge is 0.338 e. The molecule has 0 unspecified atom stereocenters. The number of para-hydroxylation sites is 2. The SMILES string of the molecule is O=C(OCCCn1c(=O)[nH]c2ccccc21)c1ccc2nccnc2c1. The van der Waals surface area contributed by atoms with E-state index < -0.39 is 5.97 Å². The summed E-state index contributed by atoms with van der Waals surface area (Å²) in [4.78, 5) is 35.3. The van der Waals surface area contributed by atoms with Crippen molar-refractivity contribution in [2.24, 2.45) is 0 Å². The first kappa shape index (κ1) is 16.0. The van der Waals surface area contributed by atoms with Crippen LogP contribution in [0.1, 0.15) is 16.8 Å². The van der Waals surface area contributed by atoms with Crippen LogP contribution in [0.4, 0.5) is 0 Å². The van der Waals surface area contributed by atoms with Crippen molar-refractivity contribution in [3.05, 3.63) is 70.9 Å². The molecule has 2 heterocycles. The van der Waals surface area contributed by atoms with Gasteiger partial charge < -0.3 is 9.72 Å². The Bertz CT molecular complexity index is 1150. The van der Waals surface area contributed by atoms with Crippen LogP contribution in [0, 0.1) is 0 Å². The molecule has 0 atom stereocenters. The summed E-state index contributed by atoms with van der Waals surface area (Å²) in [5.74, 6) is -0.413. The number of nitrogens with zero attached hydrogens (tertiary/aromatic N) is 3. The van der Waals surface area contributed by atoms with E-state index >= 15 is 0 Å². The highest BCUT2D eigenvalue weighted by atomic mass is 16.5. The van der Waals surface area contributed by atoms with Crippen LogP contribution in [-0.2, 0) is 11.3 Å². The summed E-state index contributed by atoms with van der Waals surface area (Å²) in [6, 6.07) is 12.6. The maximum atomic E-state index is 12.2. The number of fused-ring (bicyclic) bond motifs is 2. The van der Waals surface area contributed by atoms with E-state index in [0.717, 1.165) is 16.6 Å². The lowest BCUT2D eigenvalue weighted by Gasteiger charge is -2.06. The molecule has 7 heteroatoms. The molecule has 4 aromatic rings. The Kier molecular flexibility index (Phi) is 4.18. The number of rotatable bonds is 5.